The summed E-state index contributed by atoms with van der Waals surface area (Å²) in [5, 5.41) is 2.68. The Morgan fingerprint density at radius 2 is 2.27 bits per heavy atom. The molecule has 0 fully saturated rings. The second kappa shape index (κ2) is 5.95. The molecule has 0 aliphatic rings. The number of Topliss-reactive ketones (excluding diaryl/α,β-unsaturated/α-hetero) is 1. The van der Waals surface area contributed by atoms with Crippen LogP contribution in [-0.4, -0.2) is 27.8 Å². The molecule has 15 heavy (non-hydrogen) atoms. The van der Waals surface area contributed by atoms with E-state index < -0.39 is 0 Å². The number of carbonyl (C=O) groups excluding carboxylic acids is 2. The highest BCUT2D eigenvalue weighted by atomic mass is 16.2. The van der Waals surface area contributed by atoms with Crippen molar-refractivity contribution in [3.63, 3.8) is 0 Å². The Morgan fingerprint density at radius 3 is 2.87 bits per heavy atom. The lowest BCUT2D eigenvalue weighted by molar-refractivity contribution is -0.127. The summed E-state index contributed by atoms with van der Waals surface area (Å²) in [5.41, 5.74) is 0. The molecule has 0 aliphatic heterocycles. The number of aryl methyl sites for hydroxylation is 1. The average molecular weight is 209 g/mol. The number of nitrogens with zero attached hydrogens (tertiary/aromatic N) is 2. The molecule has 0 saturated carbocycles. The van der Waals surface area contributed by atoms with E-state index in [-0.39, 0.29) is 18.1 Å². The van der Waals surface area contributed by atoms with Crippen LogP contribution in [0.15, 0.2) is 18.7 Å². The third-order valence-corrected chi connectivity index (χ3v) is 1.88. The van der Waals surface area contributed by atoms with Gasteiger partial charge in [0.1, 0.15) is 5.78 Å². The summed E-state index contributed by atoms with van der Waals surface area (Å²) in [6.45, 7) is 2.82. The van der Waals surface area contributed by atoms with Gasteiger partial charge in [-0.2, -0.15) is 0 Å². The third kappa shape index (κ3) is 4.95. The minimum absolute atomic E-state index is 0.0227. The van der Waals surface area contributed by atoms with E-state index in [0.29, 0.717) is 6.54 Å². The first-order valence-corrected chi connectivity index (χ1v) is 4.90. The molecule has 0 bridgehead atoms. The van der Waals surface area contributed by atoms with E-state index in [1.54, 1.807) is 12.5 Å². The van der Waals surface area contributed by atoms with Crippen molar-refractivity contribution in [2.24, 2.45) is 0 Å². The lowest BCUT2D eigenvalue weighted by atomic mass is 10.3. The Balaban J connectivity index is 2.06. The van der Waals surface area contributed by atoms with Crippen molar-refractivity contribution >= 4 is 11.7 Å². The molecule has 1 aromatic rings. The van der Waals surface area contributed by atoms with Gasteiger partial charge < -0.3 is 9.88 Å². The maximum absolute atomic E-state index is 11.1. The fraction of sp³-hybridized carbons (Fsp3) is 0.500. The molecule has 0 aliphatic carbocycles. The zero-order valence-electron chi connectivity index (χ0n) is 8.77. The maximum Gasteiger partial charge on any atom is 0.227 e. The number of carbonyl (C=O) groups is 2. The van der Waals surface area contributed by atoms with Gasteiger partial charge in [0.2, 0.25) is 5.91 Å². The molecular weight excluding hydrogens is 194 g/mol. The fourth-order valence-corrected chi connectivity index (χ4v) is 1.20. The monoisotopic (exact) mass is 209 g/mol. The molecule has 1 heterocycles. The van der Waals surface area contributed by atoms with Gasteiger partial charge in [-0.15, -0.1) is 0 Å². The molecule has 1 N–H and O–H groups in total. The van der Waals surface area contributed by atoms with Crippen molar-refractivity contribution in [3.05, 3.63) is 18.7 Å². The molecule has 5 heteroatoms. The molecule has 0 unspecified atom stereocenters. The van der Waals surface area contributed by atoms with E-state index in [0.717, 1.165) is 13.0 Å². The Bertz CT molecular complexity index is 319. The lowest BCUT2D eigenvalue weighted by Gasteiger charge is -2.04. The highest BCUT2D eigenvalue weighted by molar-refractivity contribution is 5.96. The highest BCUT2D eigenvalue weighted by Crippen LogP contribution is 1.89. The van der Waals surface area contributed by atoms with Crippen molar-refractivity contribution in [2.75, 3.05) is 6.54 Å². The summed E-state index contributed by atoms with van der Waals surface area (Å²) in [4.78, 5) is 25.6. The summed E-state index contributed by atoms with van der Waals surface area (Å²) in [7, 11) is 0. The van der Waals surface area contributed by atoms with Crippen LogP contribution < -0.4 is 5.32 Å². The van der Waals surface area contributed by atoms with E-state index in [9.17, 15) is 9.59 Å². The topological polar surface area (TPSA) is 64.0 Å². The molecule has 0 atom stereocenters. The number of imidazole rings is 1. The van der Waals surface area contributed by atoms with E-state index in [1.165, 1.54) is 6.92 Å². The number of rotatable bonds is 6. The van der Waals surface area contributed by atoms with Gasteiger partial charge >= 0.3 is 0 Å². The number of hydrogen-bond acceptors (Lipinski definition) is 3. The van der Waals surface area contributed by atoms with Gasteiger partial charge in [0.05, 0.1) is 12.7 Å². The minimum atomic E-state index is -0.201. The Labute approximate surface area is 88.5 Å². The highest BCUT2D eigenvalue weighted by Gasteiger charge is 2.03. The van der Waals surface area contributed by atoms with Crippen LogP contribution in [0.2, 0.25) is 0 Å². The van der Waals surface area contributed by atoms with Gasteiger partial charge in [-0.25, -0.2) is 4.98 Å². The van der Waals surface area contributed by atoms with Crippen molar-refractivity contribution in [3.8, 4) is 0 Å². The van der Waals surface area contributed by atoms with Crippen LogP contribution in [0.3, 0.4) is 0 Å². The first-order chi connectivity index (χ1) is 7.18. The van der Waals surface area contributed by atoms with Gasteiger partial charge in [-0.05, 0) is 13.3 Å². The normalized spacial score (nSPS) is 9.93. The first kappa shape index (κ1) is 11.4. The average Bonchev–Trinajstić information content (AvgIpc) is 2.63. The van der Waals surface area contributed by atoms with Crippen molar-refractivity contribution in [1.29, 1.82) is 0 Å². The SMILES string of the molecule is CC(=O)CC(=O)NCCCn1ccnc1. The van der Waals surface area contributed by atoms with Crippen LogP contribution >= 0.6 is 0 Å². The van der Waals surface area contributed by atoms with Gasteiger partial charge in [-0.1, -0.05) is 0 Å². The van der Waals surface area contributed by atoms with Gasteiger partial charge in [0.25, 0.3) is 0 Å². The first-order valence-electron chi connectivity index (χ1n) is 4.90. The molecule has 0 spiro atoms. The van der Waals surface area contributed by atoms with Crippen LogP contribution in [0.1, 0.15) is 19.8 Å². The van der Waals surface area contributed by atoms with E-state index in [1.807, 2.05) is 10.8 Å². The fourth-order valence-electron chi connectivity index (χ4n) is 1.20. The molecule has 5 nitrogen and oxygen atoms in total. The molecule has 0 saturated heterocycles. The number of ketones is 1. The molecular formula is C10H15N3O2. The zero-order valence-corrected chi connectivity index (χ0v) is 8.77. The Kier molecular flexibility index (Phi) is 4.53. The molecule has 0 radical (unpaired) electrons. The second-order valence-electron chi connectivity index (χ2n) is 3.38. The standard InChI is InChI=1S/C10H15N3O2/c1-9(14)7-10(15)12-3-2-5-13-6-4-11-8-13/h4,6,8H,2-3,5,7H2,1H3,(H,12,15). The van der Waals surface area contributed by atoms with Crippen LogP contribution in [0.5, 0.6) is 0 Å². The van der Waals surface area contributed by atoms with Crippen LogP contribution in [0.25, 0.3) is 0 Å². The van der Waals surface area contributed by atoms with Gasteiger partial charge in [-0.3, -0.25) is 9.59 Å². The maximum atomic E-state index is 11.1. The van der Waals surface area contributed by atoms with Gasteiger partial charge in [0.15, 0.2) is 0 Å². The predicted molar refractivity (Wildman–Crippen MR) is 55.2 cm³/mol. The minimum Gasteiger partial charge on any atom is -0.356 e. The number of amides is 1. The second-order valence-corrected chi connectivity index (χ2v) is 3.38. The third-order valence-electron chi connectivity index (χ3n) is 1.88. The summed E-state index contributed by atoms with van der Waals surface area (Å²) in [6.07, 6.45) is 6.13. The summed E-state index contributed by atoms with van der Waals surface area (Å²) >= 11 is 0. The number of nitrogens with one attached hydrogen (secondary N) is 1. The van der Waals surface area contributed by atoms with Gasteiger partial charge in [0, 0.05) is 25.5 Å². The number of aromatic nitrogens is 2. The molecule has 0 aromatic carbocycles. The van der Waals surface area contributed by atoms with E-state index in [2.05, 4.69) is 10.3 Å². The smallest absolute Gasteiger partial charge is 0.227 e. The molecule has 1 aromatic heterocycles. The Morgan fingerprint density at radius 1 is 1.47 bits per heavy atom. The van der Waals surface area contributed by atoms with E-state index in [4.69, 9.17) is 0 Å². The van der Waals surface area contributed by atoms with E-state index >= 15 is 0 Å². The van der Waals surface area contributed by atoms with Crippen LogP contribution in [0.4, 0.5) is 0 Å². The molecule has 1 amide bonds. The molecule has 82 valence electrons. The van der Waals surface area contributed by atoms with Crippen LogP contribution in [0, 0.1) is 0 Å². The lowest BCUT2D eigenvalue weighted by Crippen LogP contribution is -2.26. The largest absolute Gasteiger partial charge is 0.356 e. The summed E-state index contributed by atoms with van der Waals surface area (Å²) < 4.78 is 1.94. The Hall–Kier alpha value is -1.65. The summed E-state index contributed by atoms with van der Waals surface area (Å²) in [6, 6.07) is 0. The zero-order chi connectivity index (χ0) is 11.1. The quantitative estimate of drug-likeness (QED) is 0.543. The van der Waals surface area contributed by atoms with Crippen molar-refractivity contribution in [2.45, 2.75) is 26.3 Å². The number of hydrogen-bond donors (Lipinski definition) is 1. The molecule has 1 rings (SSSR count). The van der Waals surface area contributed by atoms with Crippen molar-refractivity contribution in [1.82, 2.24) is 14.9 Å². The predicted octanol–water partition coefficient (Wildman–Crippen LogP) is 0.368. The van der Waals surface area contributed by atoms with Crippen LogP contribution in [-0.2, 0) is 16.1 Å². The summed E-state index contributed by atoms with van der Waals surface area (Å²) in [5.74, 6) is -0.310. The van der Waals surface area contributed by atoms with Crippen molar-refractivity contribution < 1.29 is 9.59 Å².